The Hall–Kier alpha value is -0.770. The second-order valence-corrected chi connectivity index (χ2v) is 3.08. The van der Waals surface area contributed by atoms with Crippen LogP contribution in [0.5, 0.6) is 0 Å². The van der Waals surface area contributed by atoms with Gasteiger partial charge in [-0.25, -0.2) is 0 Å². The second-order valence-electron chi connectivity index (χ2n) is 3.08. The molecule has 0 radical (unpaired) electrons. The number of hydrogen-bond acceptors (Lipinski definition) is 2. The molecule has 0 bridgehead atoms. The van der Waals surface area contributed by atoms with Crippen molar-refractivity contribution < 1.29 is 4.74 Å². The lowest BCUT2D eigenvalue weighted by atomic mass is 10.1. The molecule has 4 heteroatoms. The van der Waals surface area contributed by atoms with Gasteiger partial charge in [0.05, 0.1) is 6.10 Å². The SMILES string of the molecule is NC(N)=NCCC1CCCCO1. The summed E-state index contributed by atoms with van der Waals surface area (Å²) >= 11 is 0. The van der Waals surface area contributed by atoms with Crippen molar-refractivity contribution in [3.05, 3.63) is 0 Å². The van der Waals surface area contributed by atoms with Crippen LogP contribution in [0, 0.1) is 0 Å². The van der Waals surface area contributed by atoms with Crippen LogP contribution in [0.1, 0.15) is 25.7 Å². The van der Waals surface area contributed by atoms with E-state index in [1.165, 1.54) is 12.8 Å². The summed E-state index contributed by atoms with van der Waals surface area (Å²) in [4.78, 5) is 3.91. The zero-order valence-electron chi connectivity index (χ0n) is 7.33. The van der Waals surface area contributed by atoms with Crippen molar-refractivity contribution in [2.75, 3.05) is 13.2 Å². The fourth-order valence-corrected chi connectivity index (χ4v) is 1.37. The molecule has 1 unspecified atom stereocenters. The molecule has 0 aromatic heterocycles. The fraction of sp³-hybridized carbons (Fsp3) is 0.875. The van der Waals surface area contributed by atoms with E-state index in [1.807, 2.05) is 0 Å². The summed E-state index contributed by atoms with van der Waals surface area (Å²) in [7, 11) is 0. The summed E-state index contributed by atoms with van der Waals surface area (Å²) in [6.07, 6.45) is 4.94. The molecule has 0 aliphatic carbocycles. The standard InChI is InChI=1S/C8H17N3O/c9-8(10)11-5-4-7-3-1-2-6-12-7/h7H,1-6H2,(H4,9,10,11). The minimum absolute atomic E-state index is 0.172. The van der Waals surface area contributed by atoms with Gasteiger partial charge in [0.2, 0.25) is 0 Å². The predicted molar refractivity (Wildman–Crippen MR) is 48.9 cm³/mol. The molecule has 1 heterocycles. The Labute approximate surface area is 73.0 Å². The number of aliphatic imine (C=N–C) groups is 1. The first-order chi connectivity index (χ1) is 5.79. The molecular weight excluding hydrogens is 154 g/mol. The molecule has 0 spiro atoms. The topological polar surface area (TPSA) is 73.6 Å². The van der Waals surface area contributed by atoms with Crippen LogP contribution in [0.15, 0.2) is 4.99 Å². The van der Waals surface area contributed by atoms with Gasteiger partial charge < -0.3 is 16.2 Å². The van der Waals surface area contributed by atoms with Crippen LogP contribution in [-0.2, 0) is 4.74 Å². The molecule has 1 rings (SSSR count). The first-order valence-electron chi connectivity index (χ1n) is 4.46. The smallest absolute Gasteiger partial charge is 0.185 e. The third kappa shape index (κ3) is 3.57. The van der Waals surface area contributed by atoms with Crippen LogP contribution >= 0.6 is 0 Å². The number of guanidine groups is 1. The lowest BCUT2D eigenvalue weighted by molar-refractivity contribution is 0.0129. The predicted octanol–water partition coefficient (Wildman–Crippen LogP) is 0.219. The van der Waals surface area contributed by atoms with Gasteiger partial charge in [-0.05, 0) is 25.7 Å². The monoisotopic (exact) mass is 171 g/mol. The number of ether oxygens (including phenoxy) is 1. The molecule has 1 saturated heterocycles. The number of rotatable bonds is 3. The van der Waals surface area contributed by atoms with Crippen LogP contribution < -0.4 is 11.5 Å². The maximum atomic E-state index is 5.51. The molecule has 0 aromatic carbocycles. The summed E-state index contributed by atoms with van der Waals surface area (Å²) in [5.74, 6) is 0.172. The zero-order chi connectivity index (χ0) is 8.81. The maximum Gasteiger partial charge on any atom is 0.185 e. The molecule has 4 N–H and O–H groups in total. The lowest BCUT2D eigenvalue weighted by Gasteiger charge is -2.21. The summed E-state index contributed by atoms with van der Waals surface area (Å²) in [6, 6.07) is 0. The summed E-state index contributed by atoms with van der Waals surface area (Å²) in [6.45, 7) is 1.58. The number of hydrogen-bond donors (Lipinski definition) is 2. The molecular formula is C8H17N3O. The van der Waals surface area contributed by atoms with Crippen molar-refractivity contribution in [2.24, 2.45) is 16.5 Å². The van der Waals surface area contributed by atoms with Crippen molar-refractivity contribution in [2.45, 2.75) is 31.8 Å². The molecule has 1 aliphatic heterocycles. The average Bonchev–Trinajstić information content (AvgIpc) is 2.05. The van der Waals surface area contributed by atoms with Gasteiger partial charge in [-0.1, -0.05) is 0 Å². The van der Waals surface area contributed by atoms with Crippen LogP contribution in [0.25, 0.3) is 0 Å². The Bertz CT molecular complexity index is 148. The van der Waals surface area contributed by atoms with Crippen LogP contribution in [0.2, 0.25) is 0 Å². The van der Waals surface area contributed by atoms with E-state index < -0.39 is 0 Å². The molecule has 0 aromatic rings. The molecule has 4 nitrogen and oxygen atoms in total. The van der Waals surface area contributed by atoms with Crippen molar-refractivity contribution in [3.63, 3.8) is 0 Å². The van der Waals surface area contributed by atoms with Crippen molar-refractivity contribution in [1.82, 2.24) is 0 Å². The molecule has 0 amide bonds. The van der Waals surface area contributed by atoms with Gasteiger partial charge in [0.15, 0.2) is 5.96 Å². The van der Waals surface area contributed by atoms with Gasteiger partial charge in [-0.2, -0.15) is 0 Å². The minimum atomic E-state index is 0.172. The van der Waals surface area contributed by atoms with E-state index in [9.17, 15) is 0 Å². The van der Waals surface area contributed by atoms with Crippen molar-refractivity contribution in [3.8, 4) is 0 Å². The zero-order valence-corrected chi connectivity index (χ0v) is 7.33. The highest BCUT2D eigenvalue weighted by Crippen LogP contribution is 2.15. The summed E-state index contributed by atoms with van der Waals surface area (Å²) in [5.41, 5.74) is 10.4. The number of nitrogens with two attached hydrogens (primary N) is 2. The van der Waals surface area contributed by atoms with Gasteiger partial charge in [-0.3, -0.25) is 4.99 Å². The third-order valence-electron chi connectivity index (χ3n) is 2.02. The maximum absolute atomic E-state index is 5.51. The molecule has 70 valence electrons. The van der Waals surface area contributed by atoms with E-state index in [-0.39, 0.29) is 5.96 Å². The van der Waals surface area contributed by atoms with Gasteiger partial charge in [0, 0.05) is 13.2 Å². The van der Waals surface area contributed by atoms with E-state index in [1.54, 1.807) is 0 Å². The van der Waals surface area contributed by atoms with E-state index >= 15 is 0 Å². The first kappa shape index (κ1) is 9.32. The molecule has 0 saturated carbocycles. The summed E-state index contributed by atoms with van der Waals surface area (Å²) < 4.78 is 5.51. The van der Waals surface area contributed by atoms with Crippen molar-refractivity contribution in [1.29, 1.82) is 0 Å². The molecule has 1 aliphatic rings. The van der Waals surface area contributed by atoms with Gasteiger partial charge in [0.25, 0.3) is 0 Å². The Kier molecular flexibility index (Phi) is 3.87. The largest absolute Gasteiger partial charge is 0.378 e. The Balaban J connectivity index is 2.09. The van der Waals surface area contributed by atoms with E-state index in [0.717, 1.165) is 19.4 Å². The van der Waals surface area contributed by atoms with Gasteiger partial charge in [-0.15, -0.1) is 0 Å². The van der Waals surface area contributed by atoms with E-state index in [4.69, 9.17) is 16.2 Å². The van der Waals surface area contributed by atoms with Crippen LogP contribution in [0.3, 0.4) is 0 Å². The van der Waals surface area contributed by atoms with E-state index in [2.05, 4.69) is 4.99 Å². The third-order valence-corrected chi connectivity index (χ3v) is 2.02. The number of nitrogens with zero attached hydrogens (tertiary/aromatic N) is 1. The van der Waals surface area contributed by atoms with Crippen LogP contribution in [-0.4, -0.2) is 25.2 Å². The Morgan fingerprint density at radius 3 is 2.83 bits per heavy atom. The highest BCUT2D eigenvalue weighted by Gasteiger charge is 2.12. The fourth-order valence-electron chi connectivity index (χ4n) is 1.37. The normalized spacial score (nSPS) is 23.5. The van der Waals surface area contributed by atoms with Crippen LogP contribution in [0.4, 0.5) is 0 Å². The quantitative estimate of drug-likeness (QED) is 0.471. The lowest BCUT2D eigenvalue weighted by Crippen LogP contribution is -2.24. The van der Waals surface area contributed by atoms with Crippen molar-refractivity contribution >= 4 is 5.96 Å². The summed E-state index contributed by atoms with van der Waals surface area (Å²) in [5, 5.41) is 0. The first-order valence-corrected chi connectivity index (χ1v) is 4.46. The highest BCUT2D eigenvalue weighted by atomic mass is 16.5. The highest BCUT2D eigenvalue weighted by molar-refractivity contribution is 5.75. The van der Waals surface area contributed by atoms with Gasteiger partial charge >= 0.3 is 0 Å². The second kappa shape index (κ2) is 4.98. The molecule has 12 heavy (non-hydrogen) atoms. The molecule has 1 atom stereocenters. The van der Waals surface area contributed by atoms with E-state index in [0.29, 0.717) is 12.6 Å². The average molecular weight is 171 g/mol. The van der Waals surface area contributed by atoms with Gasteiger partial charge in [0.1, 0.15) is 0 Å². The Morgan fingerprint density at radius 2 is 2.25 bits per heavy atom. The molecule has 1 fully saturated rings. The minimum Gasteiger partial charge on any atom is -0.378 e. The Morgan fingerprint density at radius 1 is 1.42 bits per heavy atom.